The van der Waals surface area contributed by atoms with Crippen LogP contribution in [0.5, 0.6) is 0 Å². The highest BCUT2D eigenvalue weighted by Crippen LogP contribution is 2.21. The highest BCUT2D eigenvalue weighted by molar-refractivity contribution is 9.10. The number of aliphatic hydroxyl groups excluding tert-OH is 1. The van der Waals surface area contributed by atoms with Crippen molar-refractivity contribution < 1.29 is 9.84 Å². The van der Waals surface area contributed by atoms with Crippen LogP contribution in [-0.4, -0.2) is 24.4 Å². The molecule has 1 aliphatic heterocycles. The minimum absolute atomic E-state index is 0.276. The average Bonchev–Trinajstić information content (AvgIpc) is 2.33. The predicted octanol–water partition coefficient (Wildman–Crippen LogP) is 2.78. The number of hydrogen-bond donors (Lipinski definition) is 1. The summed E-state index contributed by atoms with van der Waals surface area (Å²) in [5.41, 5.74) is 1.18. The topological polar surface area (TPSA) is 29.5 Å². The molecule has 1 aliphatic rings. The smallest absolute Gasteiger partial charge is 0.0630 e. The molecular formula is C13H17BrO2. The first-order valence-electron chi connectivity index (χ1n) is 5.76. The van der Waals surface area contributed by atoms with Crippen LogP contribution in [-0.2, 0) is 11.2 Å². The average molecular weight is 285 g/mol. The molecule has 1 N–H and O–H groups in total. The van der Waals surface area contributed by atoms with Crippen LogP contribution in [0.1, 0.15) is 18.4 Å². The Bertz CT molecular complexity index is 317. The van der Waals surface area contributed by atoms with E-state index in [1.165, 1.54) is 5.56 Å². The van der Waals surface area contributed by atoms with Gasteiger partial charge >= 0.3 is 0 Å². The van der Waals surface area contributed by atoms with Gasteiger partial charge in [0.25, 0.3) is 0 Å². The number of halogens is 1. The molecule has 0 aromatic heterocycles. The molecular weight excluding hydrogens is 268 g/mol. The molecule has 1 aromatic carbocycles. The molecule has 0 bridgehead atoms. The molecule has 2 atom stereocenters. The van der Waals surface area contributed by atoms with E-state index in [9.17, 15) is 5.11 Å². The highest BCUT2D eigenvalue weighted by atomic mass is 79.9. The third-order valence-electron chi connectivity index (χ3n) is 3.10. The van der Waals surface area contributed by atoms with Crippen molar-refractivity contribution in [2.75, 3.05) is 13.2 Å². The first kappa shape index (κ1) is 12.1. The summed E-state index contributed by atoms with van der Waals surface area (Å²) in [5.74, 6) is 0.303. The summed E-state index contributed by atoms with van der Waals surface area (Å²) in [6.45, 7) is 1.55. The van der Waals surface area contributed by atoms with Gasteiger partial charge < -0.3 is 9.84 Å². The Hall–Kier alpha value is -0.380. The Kier molecular flexibility index (Phi) is 4.38. The second-order valence-corrected chi connectivity index (χ2v) is 5.29. The van der Waals surface area contributed by atoms with Crippen LogP contribution in [0.15, 0.2) is 28.7 Å². The maximum atomic E-state index is 10.1. The molecule has 1 fully saturated rings. The molecule has 1 saturated heterocycles. The maximum Gasteiger partial charge on any atom is 0.0630 e. The van der Waals surface area contributed by atoms with Gasteiger partial charge in [0.2, 0.25) is 0 Å². The van der Waals surface area contributed by atoms with Crippen molar-refractivity contribution in [2.24, 2.45) is 5.92 Å². The molecule has 0 spiro atoms. The van der Waals surface area contributed by atoms with E-state index in [2.05, 4.69) is 28.1 Å². The maximum absolute atomic E-state index is 10.1. The molecule has 0 amide bonds. The van der Waals surface area contributed by atoms with Gasteiger partial charge in [0, 0.05) is 17.0 Å². The van der Waals surface area contributed by atoms with E-state index in [0.717, 1.165) is 30.3 Å². The van der Waals surface area contributed by atoms with Gasteiger partial charge in [-0.3, -0.25) is 0 Å². The van der Waals surface area contributed by atoms with Crippen LogP contribution < -0.4 is 0 Å². The molecule has 16 heavy (non-hydrogen) atoms. The van der Waals surface area contributed by atoms with Crippen molar-refractivity contribution in [2.45, 2.75) is 25.4 Å². The van der Waals surface area contributed by atoms with Gasteiger partial charge in [-0.25, -0.2) is 0 Å². The van der Waals surface area contributed by atoms with E-state index in [1.807, 2.05) is 12.1 Å². The Morgan fingerprint density at radius 2 is 2.12 bits per heavy atom. The second kappa shape index (κ2) is 5.80. The van der Waals surface area contributed by atoms with Gasteiger partial charge in [-0.1, -0.05) is 28.1 Å². The van der Waals surface area contributed by atoms with Crippen LogP contribution in [0, 0.1) is 5.92 Å². The van der Waals surface area contributed by atoms with Crippen molar-refractivity contribution in [1.82, 2.24) is 0 Å². The molecule has 1 aromatic rings. The number of hydrogen-bond acceptors (Lipinski definition) is 2. The third kappa shape index (κ3) is 3.30. The Balaban J connectivity index is 1.90. The normalized spacial score (nSPS) is 23.0. The fraction of sp³-hybridized carbons (Fsp3) is 0.538. The van der Waals surface area contributed by atoms with Gasteiger partial charge in [0.15, 0.2) is 0 Å². The molecule has 0 radical (unpaired) electrons. The summed E-state index contributed by atoms with van der Waals surface area (Å²) in [4.78, 5) is 0. The van der Waals surface area contributed by atoms with E-state index >= 15 is 0 Å². The molecule has 2 rings (SSSR count). The predicted molar refractivity (Wildman–Crippen MR) is 67.4 cm³/mol. The summed E-state index contributed by atoms with van der Waals surface area (Å²) in [6, 6.07) is 8.13. The lowest BCUT2D eigenvalue weighted by molar-refractivity contribution is -0.00847. The Morgan fingerprint density at radius 3 is 2.75 bits per heavy atom. The molecule has 0 saturated carbocycles. The van der Waals surface area contributed by atoms with Crippen LogP contribution in [0.2, 0.25) is 0 Å². The Labute approximate surface area is 105 Å². The standard InChI is InChI=1S/C13H17BrO2/c14-12-5-3-10(4-6-12)8-13(15)11-2-1-7-16-9-11/h3-6,11,13,15H,1-2,7-9H2. The summed E-state index contributed by atoms with van der Waals surface area (Å²) < 4.78 is 6.47. The fourth-order valence-corrected chi connectivity index (χ4v) is 2.36. The number of benzene rings is 1. The van der Waals surface area contributed by atoms with Crippen LogP contribution >= 0.6 is 15.9 Å². The lowest BCUT2D eigenvalue weighted by Gasteiger charge is -2.26. The lowest BCUT2D eigenvalue weighted by atomic mass is 9.92. The summed E-state index contributed by atoms with van der Waals surface area (Å²) in [6.07, 6.45) is 2.60. The molecule has 2 nitrogen and oxygen atoms in total. The zero-order valence-electron chi connectivity index (χ0n) is 9.23. The third-order valence-corrected chi connectivity index (χ3v) is 3.63. The molecule has 2 unspecified atom stereocenters. The van der Waals surface area contributed by atoms with Crippen LogP contribution in [0.3, 0.4) is 0 Å². The monoisotopic (exact) mass is 284 g/mol. The minimum Gasteiger partial charge on any atom is -0.392 e. The molecule has 0 aliphatic carbocycles. The highest BCUT2D eigenvalue weighted by Gasteiger charge is 2.22. The SMILES string of the molecule is OC(Cc1ccc(Br)cc1)C1CCCOC1. The van der Waals surface area contributed by atoms with Crippen molar-refractivity contribution in [3.05, 3.63) is 34.3 Å². The number of rotatable bonds is 3. The summed E-state index contributed by atoms with van der Waals surface area (Å²) in [7, 11) is 0. The minimum atomic E-state index is -0.276. The van der Waals surface area contributed by atoms with E-state index < -0.39 is 0 Å². The first-order chi connectivity index (χ1) is 7.75. The van der Waals surface area contributed by atoms with Gasteiger partial charge in [-0.15, -0.1) is 0 Å². The van der Waals surface area contributed by atoms with Crippen molar-refractivity contribution >= 4 is 15.9 Å². The molecule has 1 heterocycles. The van der Waals surface area contributed by atoms with Gasteiger partial charge in [0.1, 0.15) is 0 Å². The second-order valence-electron chi connectivity index (χ2n) is 4.38. The van der Waals surface area contributed by atoms with E-state index in [-0.39, 0.29) is 6.10 Å². The number of ether oxygens (including phenoxy) is 1. The zero-order chi connectivity index (χ0) is 11.4. The van der Waals surface area contributed by atoms with Crippen molar-refractivity contribution in [3.8, 4) is 0 Å². The number of aliphatic hydroxyl groups is 1. The van der Waals surface area contributed by atoms with Crippen molar-refractivity contribution in [1.29, 1.82) is 0 Å². The lowest BCUT2D eigenvalue weighted by Crippen LogP contribution is -2.30. The largest absolute Gasteiger partial charge is 0.392 e. The van der Waals surface area contributed by atoms with Gasteiger partial charge in [-0.2, -0.15) is 0 Å². The van der Waals surface area contributed by atoms with Crippen molar-refractivity contribution in [3.63, 3.8) is 0 Å². The fourth-order valence-electron chi connectivity index (χ4n) is 2.10. The van der Waals surface area contributed by atoms with Gasteiger partial charge in [-0.05, 0) is 37.0 Å². The van der Waals surface area contributed by atoms with Gasteiger partial charge in [0.05, 0.1) is 12.7 Å². The van der Waals surface area contributed by atoms with E-state index in [0.29, 0.717) is 12.5 Å². The summed E-state index contributed by atoms with van der Waals surface area (Å²) >= 11 is 3.41. The molecule has 88 valence electrons. The molecule has 3 heteroatoms. The summed E-state index contributed by atoms with van der Waals surface area (Å²) in [5, 5.41) is 10.1. The van der Waals surface area contributed by atoms with E-state index in [4.69, 9.17) is 4.74 Å². The first-order valence-corrected chi connectivity index (χ1v) is 6.55. The van der Waals surface area contributed by atoms with E-state index in [1.54, 1.807) is 0 Å². The quantitative estimate of drug-likeness (QED) is 0.925. The van der Waals surface area contributed by atoms with Crippen LogP contribution in [0.4, 0.5) is 0 Å². The Morgan fingerprint density at radius 1 is 1.38 bits per heavy atom. The van der Waals surface area contributed by atoms with Crippen LogP contribution in [0.25, 0.3) is 0 Å². The zero-order valence-corrected chi connectivity index (χ0v) is 10.8.